The van der Waals surface area contributed by atoms with Crippen LogP contribution in [-0.4, -0.2) is 66.2 Å². The Labute approximate surface area is 230 Å². The van der Waals surface area contributed by atoms with Gasteiger partial charge < -0.3 is 19.3 Å². The monoisotopic (exact) mass is 533 g/mol. The maximum atomic E-state index is 13.1. The third-order valence-corrected chi connectivity index (χ3v) is 7.66. The average Bonchev–Trinajstić information content (AvgIpc) is 3.45. The van der Waals surface area contributed by atoms with Gasteiger partial charge in [0.2, 0.25) is 17.6 Å². The first-order chi connectivity index (χ1) is 19.1. The van der Waals surface area contributed by atoms with E-state index in [2.05, 4.69) is 49.5 Å². The molecule has 5 rings (SSSR count). The first-order valence-corrected chi connectivity index (χ1v) is 14.0. The van der Waals surface area contributed by atoms with Crippen LogP contribution in [0.3, 0.4) is 0 Å². The fourth-order valence-corrected chi connectivity index (χ4v) is 5.56. The number of likely N-dealkylation sites (tertiary alicyclic amines) is 2. The smallest absolute Gasteiger partial charge is 0.241 e. The molecule has 2 saturated heterocycles. The van der Waals surface area contributed by atoms with Gasteiger partial charge in [0, 0.05) is 25.2 Å². The molecule has 39 heavy (non-hydrogen) atoms. The number of nitrogens with zero attached hydrogens (tertiary/aromatic N) is 4. The van der Waals surface area contributed by atoms with E-state index in [4.69, 9.17) is 14.0 Å². The zero-order valence-electron chi connectivity index (χ0n) is 23.0. The van der Waals surface area contributed by atoms with E-state index in [1.807, 2.05) is 18.2 Å². The van der Waals surface area contributed by atoms with Crippen molar-refractivity contribution in [2.45, 2.75) is 51.7 Å². The number of carbonyl (C=O) groups is 1. The lowest BCUT2D eigenvalue weighted by molar-refractivity contribution is -0.127. The predicted molar refractivity (Wildman–Crippen MR) is 148 cm³/mol. The number of amides is 1. The van der Waals surface area contributed by atoms with Gasteiger partial charge in [-0.15, -0.1) is 0 Å². The van der Waals surface area contributed by atoms with Crippen LogP contribution in [0.5, 0.6) is 11.5 Å². The summed E-state index contributed by atoms with van der Waals surface area (Å²) in [6.07, 6.45) is 5.77. The Balaban J connectivity index is 1.12. The number of hydrogen-bond acceptors (Lipinski definition) is 8. The Morgan fingerprint density at radius 2 is 1.74 bits per heavy atom. The van der Waals surface area contributed by atoms with Gasteiger partial charge in [-0.05, 0) is 74.6 Å². The van der Waals surface area contributed by atoms with Crippen LogP contribution in [0, 0.1) is 5.92 Å². The van der Waals surface area contributed by atoms with Crippen molar-refractivity contribution in [3.05, 3.63) is 59.5 Å². The Morgan fingerprint density at radius 1 is 0.949 bits per heavy atom. The van der Waals surface area contributed by atoms with Crippen molar-refractivity contribution < 1.29 is 18.8 Å². The second-order valence-corrected chi connectivity index (χ2v) is 10.5. The number of piperidine rings is 2. The highest BCUT2D eigenvalue weighted by Crippen LogP contribution is 2.31. The Kier molecular flexibility index (Phi) is 9.11. The van der Waals surface area contributed by atoms with Crippen LogP contribution in [0.4, 0.5) is 0 Å². The summed E-state index contributed by atoms with van der Waals surface area (Å²) in [6.45, 7) is 6.00. The molecule has 0 radical (unpaired) electrons. The summed E-state index contributed by atoms with van der Waals surface area (Å²) in [5.74, 6) is 2.35. The van der Waals surface area contributed by atoms with Gasteiger partial charge in [0.15, 0.2) is 11.5 Å². The van der Waals surface area contributed by atoms with Gasteiger partial charge in [-0.2, -0.15) is 4.98 Å². The molecular weight excluding hydrogens is 494 g/mol. The fraction of sp³-hybridized carbons (Fsp3) is 0.500. The van der Waals surface area contributed by atoms with E-state index in [0.29, 0.717) is 42.8 Å². The van der Waals surface area contributed by atoms with Crippen molar-refractivity contribution in [2.24, 2.45) is 5.92 Å². The van der Waals surface area contributed by atoms with Gasteiger partial charge in [-0.1, -0.05) is 35.8 Å². The molecule has 1 N–H and O–H groups in total. The standard InChI is InChI=1S/C30H39N5O4/c1-37-26-12-11-24(17-27(26)38-2)29-32-28(39-33-29)21-35-15-7-10-25(20-35)30(36)31-18-22-8-6-9-23(16-22)19-34-13-4-3-5-14-34/h6,8-9,11-12,16-17,25H,3-5,7,10,13-15,18-21H2,1-2H3,(H,31,36). The Bertz CT molecular complexity index is 1240. The molecule has 2 aliphatic rings. The fourth-order valence-electron chi connectivity index (χ4n) is 5.56. The van der Waals surface area contributed by atoms with Crippen LogP contribution in [0.15, 0.2) is 47.0 Å². The van der Waals surface area contributed by atoms with Crippen LogP contribution in [0.25, 0.3) is 11.4 Å². The summed E-state index contributed by atoms with van der Waals surface area (Å²) in [7, 11) is 3.20. The van der Waals surface area contributed by atoms with Crippen molar-refractivity contribution in [3.63, 3.8) is 0 Å². The number of aromatic nitrogens is 2. The number of rotatable bonds is 10. The van der Waals surface area contributed by atoms with Crippen LogP contribution in [0.1, 0.15) is 49.1 Å². The molecule has 0 bridgehead atoms. The molecule has 1 amide bonds. The lowest BCUT2D eigenvalue weighted by Gasteiger charge is -2.30. The minimum absolute atomic E-state index is 0.0523. The molecule has 1 atom stereocenters. The summed E-state index contributed by atoms with van der Waals surface area (Å²) < 4.78 is 16.2. The highest BCUT2D eigenvalue weighted by Gasteiger charge is 2.27. The number of hydrogen-bond donors (Lipinski definition) is 1. The Morgan fingerprint density at radius 3 is 2.56 bits per heavy atom. The second kappa shape index (κ2) is 13.1. The lowest BCUT2D eigenvalue weighted by atomic mass is 9.97. The number of benzene rings is 2. The Hall–Kier alpha value is -3.43. The quantitative estimate of drug-likeness (QED) is 0.413. The van der Waals surface area contributed by atoms with E-state index in [1.165, 1.54) is 37.9 Å². The van der Waals surface area contributed by atoms with Crippen LogP contribution < -0.4 is 14.8 Å². The molecule has 1 unspecified atom stereocenters. The van der Waals surface area contributed by atoms with E-state index < -0.39 is 0 Å². The molecule has 9 nitrogen and oxygen atoms in total. The summed E-state index contributed by atoms with van der Waals surface area (Å²) in [5, 5.41) is 7.33. The number of ether oxygens (including phenoxy) is 2. The maximum absolute atomic E-state index is 13.1. The molecular formula is C30H39N5O4. The highest BCUT2D eigenvalue weighted by atomic mass is 16.5. The predicted octanol–water partition coefficient (Wildman–Crippen LogP) is 4.27. The van der Waals surface area contributed by atoms with Crippen LogP contribution >= 0.6 is 0 Å². The van der Waals surface area contributed by atoms with E-state index in [1.54, 1.807) is 14.2 Å². The van der Waals surface area contributed by atoms with E-state index in [-0.39, 0.29) is 11.8 Å². The molecule has 9 heteroatoms. The first kappa shape index (κ1) is 27.1. The van der Waals surface area contributed by atoms with Crippen molar-refractivity contribution in [1.82, 2.24) is 25.3 Å². The summed E-state index contributed by atoms with van der Waals surface area (Å²) >= 11 is 0. The van der Waals surface area contributed by atoms with Gasteiger partial charge >= 0.3 is 0 Å². The molecule has 3 aromatic rings. The zero-order chi connectivity index (χ0) is 27.0. The molecule has 0 spiro atoms. The molecule has 2 fully saturated rings. The van der Waals surface area contributed by atoms with Crippen molar-refractivity contribution in [3.8, 4) is 22.9 Å². The average molecular weight is 534 g/mol. The number of nitrogens with one attached hydrogen (secondary N) is 1. The topological polar surface area (TPSA) is 93.0 Å². The lowest BCUT2D eigenvalue weighted by Crippen LogP contribution is -2.42. The van der Waals surface area contributed by atoms with E-state index in [0.717, 1.165) is 37.1 Å². The zero-order valence-corrected chi connectivity index (χ0v) is 23.0. The number of methoxy groups -OCH3 is 2. The van der Waals surface area contributed by atoms with Crippen LogP contribution in [-0.2, 0) is 24.4 Å². The van der Waals surface area contributed by atoms with Gasteiger partial charge in [-0.3, -0.25) is 14.6 Å². The van der Waals surface area contributed by atoms with Gasteiger partial charge in [-0.25, -0.2) is 0 Å². The number of carbonyl (C=O) groups excluding carboxylic acids is 1. The molecule has 2 aromatic carbocycles. The van der Waals surface area contributed by atoms with Gasteiger partial charge in [0.05, 0.1) is 26.7 Å². The molecule has 0 saturated carbocycles. The minimum atomic E-state index is -0.0523. The van der Waals surface area contributed by atoms with Crippen molar-refractivity contribution in [2.75, 3.05) is 40.4 Å². The van der Waals surface area contributed by atoms with Gasteiger partial charge in [0.1, 0.15) is 0 Å². The van der Waals surface area contributed by atoms with Crippen LogP contribution in [0.2, 0.25) is 0 Å². The summed E-state index contributed by atoms with van der Waals surface area (Å²) in [5.41, 5.74) is 3.26. The second-order valence-electron chi connectivity index (χ2n) is 10.5. The first-order valence-electron chi connectivity index (χ1n) is 14.0. The van der Waals surface area contributed by atoms with E-state index in [9.17, 15) is 4.79 Å². The molecule has 2 aliphatic heterocycles. The molecule has 0 aliphatic carbocycles. The highest BCUT2D eigenvalue weighted by molar-refractivity contribution is 5.79. The molecule has 208 valence electrons. The van der Waals surface area contributed by atoms with Gasteiger partial charge in [0.25, 0.3) is 0 Å². The normalized spacial score (nSPS) is 18.6. The molecule has 1 aromatic heterocycles. The van der Waals surface area contributed by atoms with Crippen molar-refractivity contribution >= 4 is 5.91 Å². The summed E-state index contributed by atoms with van der Waals surface area (Å²) in [6, 6.07) is 14.1. The maximum Gasteiger partial charge on any atom is 0.241 e. The van der Waals surface area contributed by atoms with Crippen molar-refractivity contribution in [1.29, 1.82) is 0 Å². The minimum Gasteiger partial charge on any atom is -0.493 e. The largest absolute Gasteiger partial charge is 0.493 e. The molecule has 3 heterocycles. The van der Waals surface area contributed by atoms with E-state index >= 15 is 0 Å². The third-order valence-electron chi connectivity index (χ3n) is 7.66. The third kappa shape index (κ3) is 7.16. The summed E-state index contributed by atoms with van der Waals surface area (Å²) in [4.78, 5) is 22.4. The SMILES string of the molecule is COc1ccc(-c2noc(CN3CCCC(C(=O)NCc4cccc(CN5CCCCC5)c4)C3)n2)cc1OC.